The van der Waals surface area contributed by atoms with Crippen molar-refractivity contribution < 1.29 is 18.8 Å². The molecule has 2 aromatic carbocycles. The molecule has 1 N–H and O–H groups in total. The van der Waals surface area contributed by atoms with Crippen molar-refractivity contribution in [2.45, 2.75) is 6.92 Å². The van der Waals surface area contributed by atoms with Gasteiger partial charge in [0.05, 0.1) is 22.8 Å². The van der Waals surface area contributed by atoms with Crippen LogP contribution >= 0.6 is 0 Å². The van der Waals surface area contributed by atoms with Gasteiger partial charge in [0.15, 0.2) is 0 Å². The molecule has 8 heteroatoms. The number of nitrogens with one attached hydrogen (secondary N) is 1. The Morgan fingerprint density at radius 1 is 1.15 bits per heavy atom. The Hall–Kier alpha value is -3.68. The molecule has 0 atom stereocenters. The summed E-state index contributed by atoms with van der Waals surface area (Å²) in [6, 6.07) is 12.5. The van der Waals surface area contributed by atoms with Crippen LogP contribution in [0.15, 0.2) is 48.5 Å². The standard InChI is InChI=1S/C18H15N3O5/c1-11-16(17(22)19-13-6-4-3-5-7-13)21(25)15-10-12(18(23)26-2)8-9-14(15)20(11)24/h3-10H,1-2H3,(H,19,22). The smallest absolute Gasteiger partial charge is 0.346 e. The fourth-order valence-electron chi connectivity index (χ4n) is 2.62. The van der Waals surface area contributed by atoms with E-state index in [1.165, 1.54) is 32.2 Å². The summed E-state index contributed by atoms with van der Waals surface area (Å²) in [5.41, 5.74) is 0.124. The number of anilines is 1. The Balaban J connectivity index is 2.17. The second-order valence-electron chi connectivity index (χ2n) is 5.54. The molecule has 3 aromatic rings. The zero-order valence-corrected chi connectivity index (χ0v) is 14.1. The van der Waals surface area contributed by atoms with Crippen LogP contribution in [0.5, 0.6) is 0 Å². The summed E-state index contributed by atoms with van der Waals surface area (Å²) in [4.78, 5) is 37.0. The van der Waals surface area contributed by atoms with E-state index in [2.05, 4.69) is 10.1 Å². The number of ether oxygens (including phenoxy) is 1. The second kappa shape index (κ2) is 6.67. The molecule has 0 saturated carbocycles. The van der Waals surface area contributed by atoms with Gasteiger partial charge < -0.3 is 20.0 Å². The lowest BCUT2D eigenvalue weighted by Crippen LogP contribution is -2.33. The van der Waals surface area contributed by atoms with E-state index in [1.807, 2.05) is 0 Å². The Bertz CT molecular complexity index is 1070. The summed E-state index contributed by atoms with van der Waals surface area (Å²) in [5.74, 6) is -1.38. The molecule has 0 aliphatic carbocycles. The van der Waals surface area contributed by atoms with Gasteiger partial charge in [-0.05, 0) is 31.2 Å². The first-order chi connectivity index (χ1) is 12.4. The molecule has 0 aliphatic rings. The molecule has 0 aliphatic heterocycles. The molecule has 0 spiro atoms. The maximum Gasteiger partial charge on any atom is 0.346 e. The minimum absolute atomic E-state index is 0.0430. The Morgan fingerprint density at radius 2 is 1.85 bits per heavy atom. The Kier molecular flexibility index (Phi) is 4.40. The number of hydrogen-bond acceptors (Lipinski definition) is 5. The van der Waals surface area contributed by atoms with Crippen molar-refractivity contribution >= 4 is 28.6 Å². The quantitative estimate of drug-likeness (QED) is 0.574. The molecule has 8 nitrogen and oxygen atoms in total. The third-order valence-corrected chi connectivity index (χ3v) is 3.93. The molecule has 0 radical (unpaired) electrons. The van der Waals surface area contributed by atoms with E-state index >= 15 is 0 Å². The van der Waals surface area contributed by atoms with Gasteiger partial charge in [-0.1, -0.05) is 18.2 Å². The SMILES string of the molecule is COC(=O)c1ccc2c(c1)[n+](=O)c(C(=O)Nc1ccccc1)c(C)n2[O-]. The first kappa shape index (κ1) is 17.2. The van der Waals surface area contributed by atoms with Crippen LogP contribution in [-0.4, -0.2) is 23.7 Å². The number of nitrogens with zero attached hydrogens (tertiary/aromatic N) is 2. The van der Waals surface area contributed by atoms with Crippen LogP contribution in [0.4, 0.5) is 5.69 Å². The van der Waals surface area contributed by atoms with Crippen molar-refractivity contribution in [3.05, 3.63) is 75.6 Å². The van der Waals surface area contributed by atoms with Crippen LogP contribution in [0.3, 0.4) is 0 Å². The number of rotatable bonds is 3. The number of benzene rings is 2. The summed E-state index contributed by atoms with van der Waals surface area (Å²) >= 11 is 0. The third-order valence-electron chi connectivity index (χ3n) is 3.93. The number of amides is 1. The van der Waals surface area contributed by atoms with E-state index < -0.39 is 11.9 Å². The van der Waals surface area contributed by atoms with E-state index in [0.29, 0.717) is 14.8 Å². The van der Waals surface area contributed by atoms with Gasteiger partial charge in [0.25, 0.3) is 5.52 Å². The highest BCUT2D eigenvalue weighted by molar-refractivity contribution is 6.03. The molecule has 0 bridgehead atoms. The maximum absolute atomic E-state index is 12.7. The van der Waals surface area contributed by atoms with Gasteiger partial charge in [0.2, 0.25) is 0 Å². The highest BCUT2D eigenvalue weighted by Gasteiger charge is 2.27. The van der Waals surface area contributed by atoms with Crippen molar-refractivity contribution in [1.82, 2.24) is 4.73 Å². The monoisotopic (exact) mass is 353 g/mol. The molecule has 1 amide bonds. The van der Waals surface area contributed by atoms with E-state index in [0.717, 1.165) is 0 Å². The van der Waals surface area contributed by atoms with E-state index in [9.17, 15) is 19.7 Å². The van der Waals surface area contributed by atoms with Crippen LogP contribution in [0, 0.1) is 17.0 Å². The summed E-state index contributed by atoms with van der Waals surface area (Å²) in [7, 11) is 1.21. The van der Waals surface area contributed by atoms with Crippen LogP contribution < -0.4 is 9.74 Å². The second-order valence-corrected chi connectivity index (χ2v) is 5.54. The summed E-state index contributed by atoms with van der Waals surface area (Å²) in [6.07, 6.45) is 0. The number of fused-ring (bicyclic) bond motifs is 1. The average molecular weight is 353 g/mol. The number of carbonyl (C=O) groups is 2. The van der Waals surface area contributed by atoms with Crippen LogP contribution in [0.2, 0.25) is 0 Å². The normalized spacial score (nSPS) is 10.5. The van der Waals surface area contributed by atoms with Gasteiger partial charge in [-0.15, -0.1) is 0 Å². The predicted molar refractivity (Wildman–Crippen MR) is 94.5 cm³/mol. The number of para-hydroxylation sites is 1. The van der Waals surface area contributed by atoms with Crippen molar-refractivity contribution in [3.63, 3.8) is 0 Å². The first-order valence-electron chi connectivity index (χ1n) is 7.68. The molecule has 0 fully saturated rings. The number of carbonyl (C=O) groups excluding carboxylic acids is 2. The van der Waals surface area contributed by atoms with Crippen molar-refractivity contribution in [3.8, 4) is 0 Å². The summed E-state index contributed by atoms with van der Waals surface area (Å²) in [6.45, 7) is 1.38. The van der Waals surface area contributed by atoms with Gasteiger partial charge in [-0.25, -0.2) is 4.79 Å². The fraction of sp³-hybridized carbons (Fsp3) is 0.111. The number of aromatic nitrogens is 2. The zero-order chi connectivity index (χ0) is 18.8. The molecule has 0 saturated heterocycles. The molecule has 132 valence electrons. The van der Waals surface area contributed by atoms with Gasteiger partial charge in [-0.3, -0.25) is 4.79 Å². The minimum atomic E-state index is -0.723. The van der Waals surface area contributed by atoms with Crippen LogP contribution in [0.1, 0.15) is 26.5 Å². The summed E-state index contributed by atoms with van der Waals surface area (Å²) in [5, 5.41) is 15.1. The third kappa shape index (κ3) is 2.88. The first-order valence-corrected chi connectivity index (χ1v) is 7.68. The molecule has 3 rings (SSSR count). The number of methoxy groups -OCH3 is 1. The van der Waals surface area contributed by atoms with E-state index in [-0.39, 0.29) is 28.0 Å². The summed E-state index contributed by atoms with van der Waals surface area (Å²) < 4.78 is 5.46. The molecule has 26 heavy (non-hydrogen) atoms. The van der Waals surface area contributed by atoms with Gasteiger partial charge in [0, 0.05) is 16.7 Å². The van der Waals surface area contributed by atoms with E-state index in [1.54, 1.807) is 30.3 Å². The number of hydrogen-bond donors (Lipinski definition) is 1. The Morgan fingerprint density at radius 3 is 2.50 bits per heavy atom. The topological polar surface area (TPSA) is 106 Å². The zero-order valence-electron chi connectivity index (χ0n) is 14.1. The lowest BCUT2D eigenvalue weighted by atomic mass is 10.1. The lowest BCUT2D eigenvalue weighted by molar-refractivity contribution is -0.468. The maximum atomic E-state index is 12.7. The van der Waals surface area contributed by atoms with Gasteiger partial charge in [0.1, 0.15) is 5.52 Å². The highest BCUT2D eigenvalue weighted by atomic mass is 16.5. The van der Waals surface area contributed by atoms with Crippen molar-refractivity contribution in [2.75, 3.05) is 12.4 Å². The molecular formula is C18H15N3O5. The van der Waals surface area contributed by atoms with Crippen molar-refractivity contribution in [1.29, 1.82) is 0 Å². The molecular weight excluding hydrogens is 338 g/mol. The highest BCUT2D eigenvalue weighted by Crippen LogP contribution is 2.17. The van der Waals surface area contributed by atoms with Gasteiger partial charge in [-0.2, -0.15) is 0 Å². The lowest BCUT2D eigenvalue weighted by Gasteiger charge is -2.16. The van der Waals surface area contributed by atoms with Gasteiger partial charge >= 0.3 is 17.6 Å². The molecule has 1 aromatic heterocycles. The predicted octanol–water partition coefficient (Wildman–Crippen LogP) is 2.25. The molecule has 1 heterocycles. The van der Waals surface area contributed by atoms with Crippen molar-refractivity contribution in [2.24, 2.45) is 0 Å². The largest absolute Gasteiger partial charge is 0.805 e. The number of esters is 1. The van der Waals surface area contributed by atoms with Crippen LogP contribution in [-0.2, 0) is 4.74 Å². The fourth-order valence-corrected chi connectivity index (χ4v) is 2.62. The minimum Gasteiger partial charge on any atom is -0.805 e. The van der Waals surface area contributed by atoms with E-state index in [4.69, 9.17) is 0 Å². The van der Waals surface area contributed by atoms with Crippen LogP contribution in [0.25, 0.3) is 11.0 Å². The molecule has 0 unspecified atom stereocenters. The average Bonchev–Trinajstić information content (AvgIpc) is 2.66. The Labute approximate surface area is 147 Å².